The van der Waals surface area contributed by atoms with Gasteiger partial charge in [0.25, 0.3) is 5.91 Å². The maximum absolute atomic E-state index is 12.6. The highest BCUT2D eigenvalue weighted by atomic mass is 79.9. The zero-order valence-corrected chi connectivity index (χ0v) is 19.9. The molecule has 33 heavy (non-hydrogen) atoms. The van der Waals surface area contributed by atoms with E-state index < -0.39 is 5.91 Å². The summed E-state index contributed by atoms with van der Waals surface area (Å²) in [4.78, 5) is 12.6. The molecule has 6 nitrogen and oxygen atoms in total. The number of nitrogens with zero attached hydrogens (tertiary/aromatic N) is 1. The summed E-state index contributed by atoms with van der Waals surface area (Å²) in [5.74, 6) is 1.44. The topological polar surface area (TPSA) is 80.6 Å². The minimum Gasteiger partial charge on any atom is -0.497 e. The third kappa shape index (κ3) is 6.61. The Morgan fingerprint density at radius 2 is 1.82 bits per heavy atom. The van der Waals surface area contributed by atoms with E-state index in [-0.39, 0.29) is 12.1 Å². The average molecular weight is 507 g/mol. The van der Waals surface area contributed by atoms with Gasteiger partial charge in [0, 0.05) is 18.2 Å². The number of benzene rings is 3. The quantitative estimate of drug-likeness (QED) is 0.315. The number of ether oxygens (including phenoxy) is 3. The second-order valence-corrected chi connectivity index (χ2v) is 7.85. The van der Waals surface area contributed by atoms with E-state index in [2.05, 4.69) is 21.2 Å². The summed E-state index contributed by atoms with van der Waals surface area (Å²) < 4.78 is 17.1. The molecule has 168 valence electrons. The molecule has 3 aromatic carbocycles. The van der Waals surface area contributed by atoms with Crippen LogP contribution in [0.4, 0.5) is 0 Å². The van der Waals surface area contributed by atoms with Gasteiger partial charge in [0.2, 0.25) is 0 Å². The molecule has 1 amide bonds. The van der Waals surface area contributed by atoms with Gasteiger partial charge in [-0.3, -0.25) is 4.79 Å². The van der Waals surface area contributed by atoms with Crippen LogP contribution in [-0.2, 0) is 17.9 Å². The van der Waals surface area contributed by atoms with Crippen LogP contribution in [0, 0.1) is 11.3 Å². The summed E-state index contributed by atoms with van der Waals surface area (Å²) in [5, 5.41) is 12.3. The standard InChI is InChI=1S/C26H23BrN2O4/c1-31-22-10-9-20(25(14-22)32-2)16-29-26(30)21(15-28)12-19-8-11-24(23(27)13-19)33-17-18-6-4-3-5-7-18/h3-14H,16-17H2,1-2H3,(H,29,30)/b21-12+. The van der Waals surface area contributed by atoms with Crippen LogP contribution in [0.2, 0.25) is 0 Å². The fourth-order valence-electron chi connectivity index (χ4n) is 3.04. The SMILES string of the molecule is COc1ccc(CNC(=O)/C(C#N)=C/c2ccc(OCc3ccccc3)c(Br)c2)c(OC)c1. The van der Waals surface area contributed by atoms with Crippen LogP contribution in [-0.4, -0.2) is 20.1 Å². The highest BCUT2D eigenvalue weighted by Gasteiger charge is 2.12. The Balaban J connectivity index is 1.66. The predicted octanol–water partition coefficient (Wildman–Crippen LogP) is 5.27. The van der Waals surface area contributed by atoms with Gasteiger partial charge >= 0.3 is 0 Å². The molecular formula is C26H23BrN2O4. The monoisotopic (exact) mass is 506 g/mol. The van der Waals surface area contributed by atoms with Crippen molar-refractivity contribution >= 4 is 27.9 Å². The zero-order chi connectivity index (χ0) is 23.6. The number of hydrogen-bond donors (Lipinski definition) is 1. The van der Waals surface area contributed by atoms with Crippen molar-refractivity contribution < 1.29 is 19.0 Å². The molecule has 0 radical (unpaired) electrons. The molecule has 0 heterocycles. The van der Waals surface area contributed by atoms with Crippen LogP contribution in [0.15, 0.2) is 76.8 Å². The number of nitriles is 1. The third-order valence-electron chi connectivity index (χ3n) is 4.80. The van der Waals surface area contributed by atoms with Gasteiger partial charge in [0.1, 0.15) is 35.5 Å². The first-order valence-electron chi connectivity index (χ1n) is 10.1. The van der Waals surface area contributed by atoms with Gasteiger partial charge in [-0.1, -0.05) is 36.4 Å². The number of methoxy groups -OCH3 is 2. The van der Waals surface area contributed by atoms with Gasteiger partial charge in [-0.25, -0.2) is 0 Å². The highest BCUT2D eigenvalue weighted by molar-refractivity contribution is 9.10. The summed E-state index contributed by atoms with van der Waals surface area (Å²) in [7, 11) is 3.12. The van der Waals surface area contributed by atoms with Crippen LogP contribution in [0.5, 0.6) is 17.2 Å². The Labute approximate surface area is 201 Å². The lowest BCUT2D eigenvalue weighted by Crippen LogP contribution is -2.24. The first-order chi connectivity index (χ1) is 16.0. The molecule has 3 aromatic rings. The molecule has 0 saturated heterocycles. The molecule has 0 atom stereocenters. The maximum Gasteiger partial charge on any atom is 0.262 e. The number of hydrogen-bond acceptors (Lipinski definition) is 5. The van der Waals surface area contributed by atoms with Gasteiger partial charge in [0.05, 0.1) is 18.7 Å². The van der Waals surface area contributed by atoms with Gasteiger partial charge in [-0.15, -0.1) is 0 Å². The van der Waals surface area contributed by atoms with Crippen LogP contribution in [0.25, 0.3) is 6.08 Å². The molecule has 0 aliphatic rings. The second-order valence-electron chi connectivity index (χ2n) is 6.99. The molecule has 3 rings (SSSR count). The first kappa shape index (κ1) is 23.9. The van der Waals surface area contributed by atoms with Crippen LogP contribution in [0.1, 0.15) is 16.7 Å². The molecule has 1 N–H and O–H groups in total. The van der Waals surface area contributed by atoms with Gasteiger partial charge in [0.15, 0.2) is 0 Å². The van der Waals surface area contributed by atoms with Crippen molar-refractivity contribution in [1.82, 2.24) is 5.32 Å². The molecule has 0 bridgehead atoms. The fourth-order valence-corrected chi connectivity index (χ4v) is 3.55. The van der Waals surface area contributed by atoms with E-state index in [1.54, 1.807) is 50.6 Å². The number of nitrogens with one attached hydrogen (secondary N) is 1. The molecule has 7 heteroatoms. The number of halogens is 1. The van der Waals surface area contributed by atoms with E-state index in [0.29, 0.717) is 29.4 Å². The minimum atomic E-state index is -0.476. The number of carbonyl (C=O) groups excluding carboxylic acids is 1. The zero-order valence-electron chi connectivity index (χ0n) is 18.3. The van der Waals surface area contributed by atoms with Crippen molar-refractivity contribution in [3.05, 3.63) is 93.5 Å². The third-order valence-corrected chi connectivity index (χ3v) is 5.42. The number of amides is 1. The Hall–Kier alpha value is -3.76. The summed E-state index contributed by atoms with van der Waals surface area (Å²) >= 11 is 3.50. The largest absolute Gasteiger partial charge is 0.497 e. The fraction of sp³-hybridized carbons (Fsp3) is 0.154. The smallest absolute Gasteiger partial charge is 0.262 e. The lowest BCUT2D eigenvalue weighted by atomic mass is 10.1. The van der Waals surface area contributed by atoms with E-state index in [0.717, 1.165) is 15.6 Å². The first-order valence-corrected chi connectivity index (χ1v) is 10.9. The molecule has 0 aliphatic carbocycles. The van der Waals surface area contributed by atoms with E-state index in [1.807, 2.05) is 36.4 Å². The molecule has 0 fully saturated rings. The lowest BCUT2D eigenvalue weighted by Gasteiger charge is -2.11. The Morgan fingerprint density at radius 3 is 2.48 bits per heavy atom. The summed E-state index contributed by atoms with van der Waals surface area (Å²) in [6, 6.07) is 22.5. The minimum absolute atomic E-state index is 0.00710. The van der Waals surface area contributed by atoms with Crippen molar-refractivity contribution in [2.75, 3.05) is 14.2 Å². The van der Waals surface area contributed by atoms with Crippen molar-refractivity contribution in [3.63, 3.8) is 0 Å². The van der Waals surface area contributed by atoms with Gasteiger partial charge < -0.3 is 19.5 Å². The summed E-state index contributed by atoms with van der Waals surface area (Å²) in [6.07, 6.45) is 1.53. The second kappa shape index (κ2) is 11.7. The number of rotatable bonds is 9. The van der Waals surface area contributed by atoms with Crippen molar-refractivity contribution in [2.24, 2.45) is 0 Å². The van der Waals surface area contributed by atoms with Crippen molar-refractivity contribution in [2.45, 2.75) is 13.2 Å². The summed E-state index contributed by atoms with van der Waals surface area (Å²) in [5.41, 5.74) is 2.52. The predicted molar refractivity (Wildman–Crippen MR) is 130 cm³/mol. The van der Waals surface area contributed by atoms with E-state index in [1.165, 1.54) is 6.08 Å². The molecule has 0 spiro atoms. The molecule has 0 aromatic heterocycles. The Bertz CT molecular complexity index is 1190. The van der Waals surface area contributed by atoms with Crippen LogP contribution in [0.3, 0.4) is 0 Å². The molecule has 0 saturated carbocycles. The number of carbonyl (C=O) groups is 1. The maximum atomic E-state index is 12.6. The normalized spacial score (nSPS) is 10.8. The Morgan fingerprint density at radius 1 is 1.03 bits per heavy atom. The van der Waals surface area contributed by atoms with Gasteiger partial charge in [-0.2, -0.15) is 5.26 Å². The molecule has 0 aliphatic heterocycles. The summed E-state index contributed by atoms with van der Waals surface area (Å²) in [6.45, 7) is 0.649. The van der Waals surface area contributed by atoms with Gasteiger partial charge in [-0.05, 0) is 57.4 Å². The average Bonchev–Trinajstić information content (AvgIpc) is 2.85. The van der Waals surface area contributed by atoms with Crippen LogP contribution < -0.4 is 19.5 Å². The van der Waals surface area contributed by atoms with Crippen LogP contribution >= 0.6 is 15.9 Å². The molecular weight excluding hydrogens is 484 g/mol. The van der Waals surface area contributed by atoms with Crippen molar-refractivity contribution in [3.8, 4) is 23.3 Å². The van der Waals surface area contributed by atoms with E-state index >= 15 is 0 Å². The van der Waals surface area contributed by atoms with E-state index in [4.69, 9.17) is 14.2 Å². The van der Waals surface area contributed by atoms with Crippen molar-refractivity contribution in [1.29, 1.82) is 5.26 Å². The van der Waals surface area contributed by atoms with E-state index in [9.17, 15) is 10.1 Å². The lowest BCUT2D eigenvalue weighted by molar-refractivity contribution is -0.117. The highest BCUT2D eigenvalue weighted by Crippen LogP contribution is 2.28. The Kier molecular flexibility index (Phi) is 8.50. The molecule has 0 unspecified atom stereocenters.